The van der Waals surface area contributed by atoms with Crippen molar-refractivity contribution >= 4 is 49.1 Å². The lowest BCUT2D eigenvalue weighted by Crippen LogP contribution is -2.27. The van der Waals surface area contributed by atoms with E-state index in [1.165, 1.54) is 0 Å². The number of nitrogens with one attached hydrogen (secondary N) is 1. The average molecular weight is 410 g/mol. The maximum Gasteiger partial charge on any atom is 0.235 e. The van der Waals surface area contributed by atoms with E-state index < -0.39 is 5.41 Å². The first-order chi connectivity index (χ1) is 10.0. The Morgan fingerprint density at radius 1 is 1.10 bits per heavy atom. The number of anilines is 2. The summed E-state index contributed by atoms with van der Waals surface area (Å²) in [5.41, 5.74) is 7.84. The molecule has 0 aromatic heterocycles. The highest BCUT2D eigenvalue weighted by atomic mass is 79.9. The van der Waals surface area contributed by atoms with Gasteiger partial charge in [0.15, 0.2) is 0 Å². The van der Waals surface area contributed by atoms with Crippen LogP contribution in [0.15, 0.2) is 51.4 Å². The number of nitrogens with two attached hydrogens (primary N) is 1. The molecule has 0 spiro atoms. The second kappa shape index (κ2) is 5.46. The monoisotopic (exact) mass is 408 g/mol. The van der Waals surface area contributed by atoms with E-state index in [1.54, 1.807) is 0 Å². The molecule has 0 aliphatic heterocycles. The Morgan fingerprint density at radius 3 is 2.33 bits per heavy atom. The highest BCUT2D eigenvalue weighted by molar-refractivity contribution is 9.11. The molecule has 1 amide bonds. The smallest absolute Gasteiger partial charge is 0.235 e. The number of rotatable bonds is 3. The zero-order valence-electron chi connectivity index (χ0n) is 11.2. The van der Waals surface area contributed by atoms with Gasteiger partial charge in [-0.15, -0.1) is 0 Å². The van der Waals surface area contributed by atoms with Gasteiger partial charge in [-0.3, -0.25) is 4.79 Å². The van der Waals surface area contributed by atoms with Crippen molar-refractivity contribution < 1.29 is 4.79 Å². The molecule has 5 heteroatoms. The molecule has 108 valence electrons. The molecule has 1 fully saturated rings. The Hall–Kier alpha value is -1.33. The maximum atomic E-state index is 12.6. The molecule has 1 saturated carbocycles. The van der Waals surface area contributed by atoms with E-state index in [9.17, 15) is 4.79 Å². The van der Waals surface area contributed by atoms with Gasteiger partial charge in [-0.2, -0.15) is 0 Å². The van der Waals surface area contributed by atoms with Gasteiger partial charge in [0.1, 0.15) is 0 Å². The number of amides is 1. The lowest BCUT2D eigenvalue weighted by Gasteiger charge is -2.17. The Kier molecular flexibility index (Phi) is 3.80. The number of carbonyl (C=O) groups is 1. The topological polar surface area (TPSA) is 55.1 Å². The van der Waals surface area contributed by atoms with Gasteiger partial charge in [0.05, 0.1) is 11.1 Å². The fraction of sp³-hybridized carbons (Fsp3) is 0.188. The summed E-state index contributed by atoms with van der Waals surface area (Å²) in [7, 11) is 0. The van der Waals surface area contributed by atoms with Crippen molar-refractivity contribution in [2.24, 2.45) is 0 Å². The Morgan fingerprint density at radius 2 is 1.76 bits per heavy atom. The van der Waals surface area contributed by atoms with Crippen molar-refractivity contribution in [1.29, 1.82) is 0 Å². The molecule has 3 nitrogen and oxygen atoms in total. The number of nitrogen functional groups attached to an aromatic ring is 1. The highest BCUT2D eigenvalue weighted by Crippen LogP contribution is 2.49. The van der Waals surface area contributed by atoms with Crippen molar-refractivity contribution in [1.82, 2.24) is 0 Å². The van der Waals surface area contributed by atoms with Crippen LogP contribution in [0.1, 0.15) is 18.4 Å². The average Bonchev–Trinajstić information content (AvgIpc) is 3.24. The lowest BCUT2D eigenvalue weighted by molar-refractivity contribution is -0.118. The normalized spacial score (nSPS) is 15.5. The molecule has 1 aliphatic rings. The predicted molar refractivity (Wildman–Crippen MR) is 92.2 cm³/mol. The van der Waals surface area contributed by atoms with Crippen LogP contribution in [0.4, 0.5) is 11.4 Å². The van der Waals surface area contributed by atoms with Gasteiger partial charge >= 0.3 is 0 Å². The summed E-state index contributed by atoms with van der Waals surface area (Å²) in [6.45, 7) is 0. The SMILES string of the molecule is Nc1ccc(C2(C(=O)Nc3ccc(Br)cc3Br)CC2)cc1. The standard InChI is InChI=1S/C16H14Br2N2O/c17-11-3-6-14(13(18)9-11)20-15(21)16(7-8-16)10-1-4-12(19)5-2-10/h1-6,9H,7-8,19H2,(H,20,21). The van der Waals surface area contributed by atoms with Crippen molar-refractivity contribution in [3.8, 4) is 0 Å². The molecule has 0 radical (unpaired) electrons. The summed E-state index contributed by atoms with van der Waals surface area (Å²) in [6.07, 6.45) is 1.74. The fourth-order valence-electron chi connectivity index (χ4n) is 2.41. The van der Waals surface area contributed by atoms with Crippen molar-refractivity contribution in [2.45, 2.75) is 18.3 Å². The molecule has 2 aromatic rings. The molecular formula is C16H14Br2N2O. The molecule has 3 rings (SSSR count). The third-order valence-electron chi connectivity index (χ3n) is 3.83. The second-order valence-electron chi connectivity index (χ2n) is 5.28. The summed E-state index contributed by atoms with van der Waals surface area (Å²) < 4.78 is 1.82. The molecule has 3 N–H and O–H groups in total. The largest absolute Gasteiger partial charge is 0.399 e. The molecule has 0 saturated heterocycles. The molecule has 0 atom stereocenters. The van der Waals surface area contributed by atoms with E-state index in [0.717, 1.165) is 33.0 Å². The Bertz CT molecular complexity index is 694. The third kappa shape index (κ3) is 2.85. The molecule has 21 heavy (non-hydrogen) atoms. The van der Waals surface area contributed by atoms with Crippen LogP contribution in [0.25, 0.3) is 0 Å². The van der Waals surface area contributed by atoms with Crippen LogP contribution in [-0.2, 0) is 10.2 Å². The van der Waals surface area contributed by atoms with Gasteiger partial charge in [-0.1, -0.05) is 28.1 Å². The van der Waals surface area contributed by atoms with Crippen LogP contribution < -0.4 is 11.1 Å². The molecular weight excluding hydrogens is 396 g/mol. The van der Waals surface area contributed by atoms with E-state index >= 15 is 0 Å². The van der Waals surface area contributed by atoms with E-state index in [-0.39, 0.29) is 5.91 Å². The summed E-state index contributed by atoms with van der Waals surface area (Å²) in [4.78, 5) is 12.6. The van der Waals surface area contributed by atoms with Crippen LogP contribution in [0.3, 0.4) is 0 Å². The van der Waals surface area contributed by atoms with E-state index in [2.05, 4.69) is 37.2 Å². The minimum Gasteiger partial charge on any atom is -0.399 e. The van der Waals surface area contributed by atoms with Gasteiger partial charge < -0.3 is 11.1 Å². The predicted octanol–water partition coefficient (Wildman–Crippen LogP) is 4.46. The summed E-state index contributed by atoms with van der Waals surface area (Å²) >= 11 is 6.87. The first-order valence-corrected chi connectivity index (χ1v) is 8.22. The zero-order valence-corrected chi connectivity index (χ0v) is 14.4. The lowest BCUT2D eigenvalue weighted by atomic mass is 9.94. The van der Waals surface area contributed by atoms with E-state index in [4.69, 9.17) is 5.73 Å². The molecule has 1 aliphatic carbocycles. The zero-order chi connectivity index (χ0) is 15.0. The van der Waals surface area contributed by atoms with Gasteiger partial charge in [-0.25, -0.2) is 0 Å². The van der Waals surface area contributed by atoms with Crippen LogP contribution in [-0.4, -0.2) is 5.91 Å². The first-order valence-electron chi connectivity index (χ1n) is 6.64. The number of hydrogen-bond donors (Lipinski definition) is 2. The van der Waals surface area contributed by atoms with E-state index in [1.807, 2.05) is 42.5 Å². The third-order valence-corrected chi connectivity index (χ3v) is 4.98. The molecule has 0 unspecified atom stereocenters. The van der Waals surface area contributed by atoms with Crippen LogP contribution in [0.2, 0.25) is 0 Å². The molecule has 2 aromatic carbocycles. The number of carbonyl (C=O) groups excluding carboxylic acids is 1. The number of halogens is 2. The van der Waals surface area contributed by atoms with Crippen LogP contribution in [0, 0.1) is 0 Å². The number of benzene rings is 2. The quantitative estimate of drug-likeness (QED) is 0.735. The van der Waals surface area contributed by atoms with Crippen molar-refractivity contribution in [3.05, 3.63) is 57.0 Å². The minimum absolute atomic E-state index is 0.0373. The van der Waals surface area contributed by atoms with E-state index in [0.29, 0.717) is 5.69 Å². The Labute approximate surface area is 140 Å². The number of hydrogen-bond acceptors (Lipinski definition) is 2. The highest BCUT2D eigenvalue weighted by Gasteiger charge is 2.51. The van der Waals surface area contributed by atoms with Crippen LogP contribution in [0.5, 0.6) is 0 Å². The first kappa shape index (κ1) is 14.6. The Balaban J connectivity index is 1.83. The van der Waals surface area contributed by atoms with Crippen molar-refractivity contribution in [3.63, 3.8) is 0 Å². The van der Waals surface area contributed by atoms with Gasteiger partial charge in [0.2, 0.25) is 5.91 Å². The van der Waals surface area contributed by atoms with Gasteiger partial charge in [0, 0.05) is 14.6 Å². The molecule has 0 bridgehead atoms. The van der Waals surface area contributed by atoms with Gasteiger partial charge in [-0.05, 0) is 64.7 Å². The minimum atomic E-state index is -0.403. The summed E-state index contributed by atoms with van der Waals surface area (Å²) in [5, 5.41) is 3.02. The second-order valence-corrected chi connectivity index (χ2v) is 7.05. The summed E-state index contributed by atoms with van der Waals surface area (Å²) in [6, 6.07) is 13.3. The molecule has 0 heterocycles. The van der Waals surface area contributed by atoms with Crippen molar-refractivity contribution in [2.75, 3.05) is 11.1 Å². The fourth-order valence-corrected chi connectivity index (χ4v) is 3.55. The summed E-state index contributed by atoms with van der Waals surface area (Å²) in [5.74, 6) is 0.0373. The van der Waals surface area contributed by atoms with Gasteiger partial charge in [0.25, 0.3) is 0 Å². The maximum absolute atomic E-state index is 12.6. The van der Waals surface area contributed by atoms with Crippen LogP contribution >= 0.6 is 31.9 Å².